The van der Waals surface area contributed by atoms with Crippen LogP contribution < -0.4 is 4.90 Å². The Labute approximate surface area is 150 Å². The molecule has 25 heavy (non-hydrogen) atoms. The average molecular weight is 334 g/mol. The largest absolute Gasteiger partial charge is 0.322 e. The van der Waals surface area contributed by atoms with Crippen molar-refractivity contribution in [1.29, 1.82) is 0 Å². The maximum atomic E-state index is 13.0. The van der Waals surface area contributed by atoms with Gasteiger partial charge in [0, 0.05) is 24.2 Å². The molecule has 3 nitrogen and oxygen atoms in total. The Morgan fingerprint density at radius 2 is 1.84 bits per heavy atom. The van der Waals surface area contributed by atoms with Gasteiger partial charge >= 0.3 is 0 Å². The smallest absolute Gasteiger partial charge is 0.182 e. The summed E-state index contributed by atoms with van der Waals surface area (Å²) in [6, 6.07) is 16.2. The third-order valence-corrected chi connectivity index (χ3v) is 4.72. The summed E-state index contributed by atoms with van der Waals surface area (Å²) in [5.41, 5.74) is 4.07. The van der Waals surface area contributed by atoms with Crippen molar-refractivity contribution in [2.45, 2.75) is 39.5 Å². The van der Waals surface area contributed by atoms with Gasteiger partial charge in [-0.2, -0.15) is 0 Å². The number of carbonyl (C=O) groups is 1. The minimum atomic E-state index is 0.147. The van der Waals surface area contributed by atoms with Crippen LogP contribution in [0.1, 0.15) is 47.2 Å². The first-order valence-electron chi connectivity index (χ1n) is 9.11. The van der Waals surface area contributed by atoms with E-state index < -0.39 is 0 Å². The summed E-state index contributed by atoms with van der Waals surface area (Å²) in [5.74, 6) is 1.19. The average Bonchev–Trinajstić information content (AvgIpc) is 2.89. The third kappa shape index (κ3) is 4.36. The van der Waals surface area contributed by atoms with Gasteiger partial charge in [-0.05, 0) is 44.4 Å². The molecule has 3 heteroatoms. The highest BCUT2D eigenvalue weighted by Gasteiger charge is 2.20. The number of hydrogen-bond donors (Lipinski definition) is 0. The summed E-state index contributed by atoms with van der Waals surface area (Å²) in [6.45, 7) is 5.26. The summed E-state index contributed by atoms with van der Waals surface area (Å²) in [5, 5.41) is 0. The van der Waals surface area contributed by atoms with Crippen molar-refractivity contribution in [2.75, 3.05) is 18.0 Å². The van der Waals surface area contributed by atoms with E-state index in [0.717, 1.165) is 48.5 Å². The molecule has 0 N–H and O–H groups in total. The zero-order valence-electron chi connectivity index (χ0n) is 15.2. The predicted octanol–water partition coefficient (Wildman–Crippen LogP) is 4.97. The van der Waals surface area contributed by atoms with Crippen LogP contribution in [0.15, 0.2) is 53.5 Å². The van der Waals surface area contributed by atoms with Crippen molar-refractivity contribution >= 4 is 17.3 Å². The highest BCUT2D eigenvalue weighted by atomic mass is 16.1. The van der Waals surface area contributed by atoms with E-state index in [4.69, 9.17) is 4.99 Å². The van der Waals surface area contributed by atoms with Crippen LogP contribution in [0.3, 0.4) is 0 Å². The quantitative estimate of drug-likeness (QED) is 0.740. The van der Waals surface area contributed by atoms with Crippen molar-refractivity contribution in [2.24, 2.45) is 4.99 Å². The van der Waals surface area contributed by atoms with Crippen LogP contribution in [0.25, 0.3) is 0 Å². The van der Waals surface area contributed by atoms with Gasteiger partial charge in [-0.15, -0.1) is 0 Å². The normalized spacial score (nSPS) is 14.6. The number of para-hydroxylation sites is 1. The first-order valence-corrected chi connectivity index (χ1v) is 9.11. The second kappa shape index (κ2) is 8.11. The number of amidine groups is 1. The number of nitrogens with zero attached hydrogens (tertiary/aromatic N) is 2. The minimum absolute atomic E-state index is 0.147. The first kappa shape index (κ1) is 17.4. The highest BCUT2D eigenvalue weighted by Crippen LogP contribution is 2.20. The highest BCUT2D eigenvalue weighted by molar-refractivity contribution is 6.07. The predicted molar refractivity (Wildman–Crippen MR) is 105 cm³/mol. The summed E-state index contributed by atoms with van der Waals surface area (Å²) < 4.78 is 0. The molecule has 0 amide bonds. The number of benzene rings is 2. The molecule has 2 aromatic carbocycles. The number of aliphatic imine (C=N–C) groups is 1. The molecule has 0 bridgehead atoms. The number of Topliss-reactive ketones (excluding diaryl/α,β-unsaturated/α-hetero) is 1. The van der Waals surface area contributed by atoms with E-state index in [1.807, 2.05) is 37.3 Å². The van der Waals surface area contributed by atoms with E-state index in [9.17, 15) is 4.79 Å². The molecule has 0 aliphatic carbocycles. The molecule has 1 heterocycles. The molecule has 0 aromatic heterocycles. The Balaban J connectivity index is 1.89. The van der Waals surface area contributed by atoms with Crippen molar-refractivity contribution in [3.05, 3.63) is 65.2 Å². The van der Waals surface area contributed by atoms with Crippen LogP contribution in [0, 0.1) is 13.8 Å². The fourth-order valence-electron chi connectivity index (χ4n) is 3.37. The maximum Gasteiger partial charge on any atom is 0.182 e. The molecule has 2 aromatic rings. The summed E-state index contributed by atoms with van der Waals surface area (Å²) in [6.07, 6.45) is 4.42. The lowest BCUT2D eigenvalue weighted by Gasteiger charge is -2.26. The van der Waals surface area contributed by atoms with E-state index in [1.54, 1.807) is 0 Å². The van der Waals surface area contributed by atoms with Gasteiger partial charge in [0.2, 0.25) is 0 Å². The van der Waals surface area contributed by atoms with E-state index in [-0.39, 0.29) is 5.78 Å². The van der Waals surface area contributed by atoms with Crippen LogP contribution in [0.5, 0.6) is 0 Å². The van der Waals surface area contributed by atoms with Crippen LogP contribution in [-0.2, 0) is 0 Å². The van der Waals surface area contributed by atoms with Gasteiger partial charge in [-0.1, -0.05) is 48.4 Å². The number of carbonyl (C=O) groups excluding carboxylic acids is 1. The molecule has 130 valence electrons. The summed E-state index contributed by atoms with van der Waals surface area (Å²) in [7, 11) is 0. The van der Waals surface area contributed by atoms with Gasteiger partial charge in [0.1, 0.15) is 5.84 Å². The Morgan fingerprint density at radius 1 is 1.04 bits per heavy atom. The number of hydrogen-bond acceptors (Lipinski definition) is 3. The van der Waals surface area contributed by atoms with Crippen molar-refractivity contribution in [3.8, 4) is 0 Å². The molecule has 0 spiro atoms. The molecule has 0 unspecified atom stereocenters. The first-order chi connectivity index (χ1) is 12.1. The van der Waals surface area contributed by atoms with E-state index in [1.165, 1.54) is 12.0 Å². The SMILES string of the molecule is Cc1ccc(C(=O)CN(C2=NCCCCC2)c2ccccc2)c(C)c1. The van der Waals surface area contributed by atoms with Gasteiger partial charge in [0.25, 0.3) is 0 Å². The standard InChI is InChI=1S/C22H26N2O/c1-17-12-13-20(18(2)15-17)21(25)16-24(19-9-5-3-6-10-19)22-11-7-4-8-14-23-22/h3,5-6,9-10,12-13,15H,4,7-8,11,14,16H2,1-2H3. The van der Waals surface area contributed by atoms with Gasteiger partial charge < -0.3 is 4.90 Å². The second-order valence-corrected chi connectivity index (χ2v) is 6.77. The lowest BCUT2D eigenvalue weighted by Crippen LogP contribution is -2.36. The molecule has 0 radical (unpaired) electrons. The van der Waals surface area contributed by atoms with E-state index in [0.29, 0.717) is 6.54 Å². The lowest BCUT2D eigenvalue weighted by molar-refractivity contribution is 0.100. The molecular weight excluding hydrogens is 308 g/mol. The molecule has 1 aliphatic heterocycles. The Morgan fingerprint density at radius 3 is 2.60 bits per heavy atom. The van der Waals surface area contributed by atoms with Crippen molar-refractivity contribution in [1.82, 2.24) is 0 Å². The Kier molecular flexibility index (Phi) is 5.64. The monoisotopic (exact) mass is 334 g/mol. The Hall–Kier alpha value is -2.42. The van der Waals surface area contributed by atoms with Crippen LogP contribution in [-0.4, -0.2) is 24.7 Å². The Bertz CT molecular complexity index is 765. The second-order valence-electron chi connectivity index (χ2n) is 6.77. The van der Waals surface area contributed by atoms with Gasteiger partial charge in [0.05, 0.1) is 6.54 Å². The van der Waals surface area contributed by atoms with Crippen molar-refractivity contribution < 1.29 is 4.79 Å². The minimum Gasteiger partial charge on any atom is -0.322 e. The van der Waals surface area contributed by atoms with Gasteiger partial charge in [-0.3, -0.25) is 9.79 Å². The molecule has 0 saturated carbocycles. The number of rotatable bonds is 4. The van der Waals surface area contributed by atoms with Crippen LogP contribution in [0.2, 0.25) is 0 Å². The fourth-order valence-corrected chi connectivity index (χ4v) is 3.37. The molecular formula is C22H26N2O. The van der Waals surface area contributed by atoms with E-state index >= 15 is 0 Å². The number of anilines is 1. The van der Waals surface area contributed by atoms with Gasteiger partial charge in [-0.25, -0.2) is 0 Å². The van der Waals surface area contributed by atoms with Crippen molar-refractivity contribution in [3.63, 3.8) is 0 Å². The summed E-state index contributed by atoms with van der Waals surface area (Å²) in [4.78, 5) is 19.9. The molecule has 3 rings (SSSR count). The molecule has 0 saturated heterocycles. The number of aryl methyl sites for hydroxylation is 2. The number of ketones is 1. The topological polar surface area (TPSA) is 32.7 Å². The van der Waals surface area contributed by atoms with Crippen LogP contribution >= 0.6 is 0 Å². The zero-order valence-corrected chi connectivity index (χ0v) is 15.2. The summed E-state index contributed by atoms with van der Waals surface area (Å²) >= 11 is 0. The van der Waals surface area contributed by atoms with Gasteiger partial charge in [0.15, 0.2) is 5.78 Å². The fraction of sp³-hybridized carbons (Fsp3) is 0.364. The zero-order chi connectivity index (χ0) is 17.6. The molecule has 0 atom stereocenters. The third-order valence-electron chi connectivity index (χ3n) is 4.72. The van der Waals surface area contributed by atoms with E-state index in [2.05, 4.69) is 30.0 Å². The van der Waals surface area contributed by atoms with Crippen LogP contribution in [0.4, 0.5) is 5.69 Å². The molecule has 1 aliphatic rings. The lowest BCUT2D eigenvalue weighted by atomic mass is 10.0. The molecule has 0 fully saturated rings. The maximum absolute atomic E-state index is 13.0.